The van der Waals surface area contributed by atoms with E-state index in [1.54, 1.807) is 6.33 Å². The van der Waals surface area contributed by atoms with Gasteiger partial charge in [-0.1, -0.05) is 20.3 Å². The number of rotatable bonds is 11. The summed E-state index contributed by atoms with van der Waals surface area (Å²) < 4.78 is 2.10. The number of nitrogens with one attached hydrogen (secondary N) is 1. The van der Waals surface area contributed by atoms with Crippen LogP contribution in [0.5, 0.6) is 0 Å². The molecular formula is C16H33IN6S. The van der Waals surface area contributed by atoms with Crippen molar-refractivity contribution in [3.05, 3.63) is 12.2 Å². The highest BCUT2D eigenvalue weighted by molar-refractivity contribution is 14.0. The molecule has 0 amide bonds. The van der Waals surface area contributed by atoms with E-state index in [9.17, 15) is 0 Å². The molecule has 0 aliphatic heterocycles. The Balaban J connectivity index is 0.00000529. The molecule has 1 N–H and O–H groups in total. The van der Waals surface area contributed by atoms with Crippen molar-refractivity contribution in [2.24, 2.45) is 4.99 Å². The van der Waals surface area contributed by atoms with Gasteiger partial charge in [-0.05, 0) is 24.9 Å². The normalized spacial score (nSPS) is 11.2. The molecule has 8 heteroatoms. The van der Waals surface area contributed by atoms with E-state index in [-0.39, 0.29) is 24.0 Å². The van der Waals surface area contributed by atoms with Crippen LogP contribution >= 0.6 is 35.7 Å². The quantitative estimate of drug-likeness (QED) is 0.234. The monoisotopic (exact) mass is 468 g/mol. The number of nitrogens with zero attached hydrogens (tertiary/aromatic N) is 5. The Morgan fingerprint density at radius 2 is 2.17 bits per heavy atom. The molecule has 0 fully saturated rings. The Morgan fingerprint density at radius 3 is 2.83 bits per heavy atom. The van der Waals surface area contributed by atoms with Crippen LogP contribution in [0.15, 0.2) is 11.3 Å². The van der Waals surface area contributed by atoms with Crippen LogP contribution in [0.4, 0.5) is 0 Å². The van der Waals surface area contributed by atoms with Crippen LogP contribution in [-0.4, -0.2) is 64.3 Å². The van der Waals surface area contributed by atoms with Crippen molar-refractivity contribution in [2.75, 3.05) is 38.7 Å². The smallest absolute Gasteiger partial charge is 0.193 e. The van der Waals surface area contributed by atoms with E-state index in [2.05, 4.69) is 52.1 Å². The molecule has 0 saturated carbocycles. The molecule has 0 unspecified atom stereocenters. The molecule has 24 heavy (non-hydrogen) atoms. The van der Waals surface area contributed by atoms with Gasteiger partial charge in [0.1, 0.15) is 12.2 Å². The van der Waals surface area contributed by atoms with E-state index in [1.807, 2.05) is 11.8 Å². The van der Waals surface area contributed by atoms with E-state index < -0.39 is 0 Å². The topological polar surface area (TPSA) is 58.3 Å². The number of aryl methyl sites for hydroxylation is 1. The fourth-order valence-corrected chi connectivity index (χ4v) is 2.65. The molecule has 0 aliphatic rings. The third-order valence-electron chi connectivity index (χ3n) is 3.62. The zero-order chi connectivity index (χ0) is 16.9. The summed E-state index contributed by atoms with van der Waals surface area (Å²) >= 11 is 1.88. The standard InChI is InChI=1S/C16H32N6S.HI/c1-5-7-11-21(3)16(17-9-8-13-23-4)18-10-12-22-14-19-20-15(22)6-2;/h14H,5-13H2,1-4H3,(H,17,18);1H. The summed E-state index contributed by atoms with van der Waals surface area (Å²) in [6.45, 7) is 7.94. The van der Waals surface area contributed by atoms with Gasteiger partial charge in [0.05, 0.1) is 0 Å². The summed E-state index contributed by atoms with van der Waals surface area (Å²) in [5, 5.41) is 11.6. The third-order valence-corrected chi connectivity index (χ3v) is 4.32. The van der Waals surface area contributed by atoms with Gasteiger partial charge in [0.2, 0.25) is 0 Å². The van der Waals surface area contributed by atoms with Gasteiger partial charge in [-0.3, -0.25) is 4.99 Å². The van der Waals surface area contributed by atoms with Gasteiger partial charge >= 0.3 is 0 Å². The van der Waals surface area contributed by atoms with Crippen LogP contribution in [0.25, 0.3) is 0 Å². The maximum atomic E-state index is 4.75. The lowest BCUT2D eigenvalue weighted by atomic mass is 10.3. The van der Waals surface area contributed by atoms with Gasteiger partial charge in [-0.2, -0.15) is 11.8 Å². The Hall–Kier alpha value is -0.510. The van der Waals surface area contributed by atoms with E-state index >= 15 is 0 Å². The molecule has 1 heterocycles. The van der Waals surface area contributed by atoms with Crippen molar-refractivity contribution >= 4 is 41.7 Å². The maximum Gasteiger partial charge on any atom is 0.193 e. The Bertz CT molecular complexity index is 452. The number of unbranched alkanes of at least 4 members (excludes halogenated alkanes) is 1. The minimum absolute atomic E-state index is 0. The second kappa shape index (κ2) is 14.8. The van der Waals surface area contributed by atoms with Gasteiger partial charge < -0.3 is 14.8 Å². The minimum atomic E-state index is 0. The van der Waals surface area contributed by atoms with Crippen molar-refractivity contribution in [2.45, 2.75) is 46.1 Å². The maximum absolute atomic E-state index is 4.75. The molecule has 0 saturated heterocycles. The van der Waals surface area contributed by atoms with E-state index in [4.69, 9.17) is 4.99 Å². The second-order valence-electron chi connectivity index (χ2n) is 5.55. The van der Waals surface area contributed by atoms with Crippen LogP contribution in [0.1, 0.15) is 38.9 Å². The van der Waals surface area contributed by atoms with Crippen molar-refractivity contribution in [3.63, 3.8) is 0 Å². The highest BCUT2D eigenvalue weighted by atomic mass is 127. The zero-order valence-electron chi connectivity index (χ0n) is 15.5. The van der Waals surface area contributed by atoms with Crippen molar-refractivity contribution in [1.29, 1.82) is 0 Å². The molecule has 6 nitrogen and oxygen atoms in total. The first kappa shape index (κ1) is 23.5. The molecular weight excluding hydrogens is 435 g/mol. The van der Waals surface area contributed by atoms with E-state index in [1.165, 1.54) is 12.8 Å². The molecule has 1 aromatic rings. The molecule has 1 aromatic heterocycles. The fourth-order valence-electron chi connectivity index (χ4n) is 2.23. The summed E-state index contributed by atoms with van der Waals surface area (Å²) in [5.41, 5.74) is 0. The van der Waals surface area contributed by atoms with Crippen LogP contribution < -0.4 is 5.32 Å². The average Bonchev–Trinajstić information content (AvgIpc) is 3.02. The van der Waals surface area contributed by atoms with Crippen LogP contribution in [-0.2, 0) is 13.0 Å². The Kier molecular flexibility index (Phi) is 14.5. The molecule has 0 aliphatic carbocycles. The van der Waals surface area contributed by atoms with Gasteiger partial charge in [0.15, 0.2) is 5.96 Å². The molecule has 140 valence electrons. The largest absolute Gasteiger partial charge is 0.354 e. The third kappa shape index (κ3) is 9.10. The first-order valence-electron chi connectivity index (χ1n) is 8.57. The van der Waals surface area contributed by atoms with Gasteiger partial charge in [0.25, 0.3) is 0 Å². The van der Waals surface area contributed by atoms with E-state index in [0.29, 0.717) is 0 Å². The molecule has 1 rings (SSSR count). The minimum Gasteiger partial charge on any atom is -0.354 e. The number of hydrogen-bond acceptors (Lipinski definition) is 4. The highest BCUT2D eigenvalue weighted by Gasteiger charge is 2.06. The first-order valence-corrected chi connectivity index (χ1v) is 9.97. The predicted octanol–water partition coefficient (Wildman–Crippen LogP) is 2.89. The SMILES string of the molecule is CCCCN(C)C(=NCCCSC)NCCn1cnnc1CC.I. The van der Waals surface area contributed by atoms with E-state index in [0.717, 1.165) is 56.6 Å². The molecule has 0 radical (unpaired) electrons. The van der Waals surface area contributed by atoms with Crippen molar-refractivity contribution < 1.29 is 0 Å². The lowest BCUT2D eigenvalue weighted by Gasteiger charge is -2.22. The lowest BCUT2D eigenvalue weighted by molar-refractivity contribution is 0.460. The van der Waals surface area contributed by atoms with Gasteiger partial charge in [-0.15, -0.1) is 34.2 Å². The molecule has 0 bridgehead atoms. The Morgan fingerprint density at radius 1 is 1.38 bits per heavy atom. The average molecular weight is 468 g/mol. The summed E-state index contributed by atoms with van der Waals surface area (Å²) in [4.78, 5) is 6.98. The number of aromatic nitrogens is 3. The second-order valence-corrected chi connectivity index (χ2v) is 6.53. The number of hydrogen-bond donors (Lipinski definition) is 1. The molecule has 0 aromatic carbocycles. The van der Waals surface area contributed by atoms with Crippen molar-refractivity contribution in [3.8, 4) is 0 Å². The number of halogens is 1. The number of thioether (sulfide) groups is 1. The molecule has 0 spiro atoms. The van der Waals surface area contributed by atoms with Crippen LogP contribution in [0.2, 0.25) is 0 Å². The molecule has 0 atom stereocenters. The number of guanidine groups is 1. The zero-order valence-corrected chi connectivity index (χ0v) is 18.6. The number of aliphatic imine (C=N–C) groups is 1. The first-order chi connectivity index (χ1) is 11.2. The van der Waals surface area contributed by atoms with Crippen LogP contribution in [0, 0.1) is 0 Å². The summed E-state index contributed by atoms with van der Waals surface area (Å²) in [5.74, 6) is 3.20. The fraction of sp³-hybridized carbons (Fsp3) is 0.812. The van der Waals surface area contributed by atoms with Crippen molar-refractivity contribution in [1.82, 2.24) is 25.0 Å². The summed E-state index contributed by atoms with van der Waals surface area (Å²) in [6, 6.07) is 0. The Labute approximate surface area is 168 Å². The summed E-state index contributed by atoms with van der Waals surface area (Å²) in [6.07, 6.45) is 8.36. The lowest BCUT2D eigenvalue weighted by Crippen LogP contribution is -2.41. The van der Waals surface area contributed by atoms with Gasteiger partial charge in [-0.25, -0.2) is 0 Å². The highest BCUT2D eigenvalue weighted by Crippen LogP contribution is 1.99. The van der Waals surface area contributed by atoms with Gasteiger partial charge in [0, 0.05) is 39.6 Å². The predicted molar refractivity (Wildman–Crippen MR) is 116 cm³/mol. The summed E-state index contributed by atoms with van der Waals surface area (Å²) in [7, 11) is 2.12. The van der Waals surface area contributed by atoms with Crippen LogP contribution in [0.3, 0.4) is 0 Å².